The van der Waals surface area contributed by atoms with Crippen molar-refractivity contribution in [2.24, 2.45) is 0 Å². The Balaban J connectivity index is 1.38. The Morgan fingerprint density at radius 3 is 2.30 bits per heavy atom. The number of carbonyl (C=O) groups excluding carboxylic acids is 2. The van der Waals surface area contributed by atoms with Gasteiger partial charge in [0.15, 0.2) is 0 Å². The molecule has 33 heavy (non-hydrogen) atoms. The summed E-state index contributed by atoms with van der Waals surface area (Å²) in [4.78, 5) is 26.2. The van der Waals surface area contributed by atoms with Crippen LogP contribution in [0.3, 0.4) is 0 Å². The van der Waals surface area contributed by atoms with Gasteiger partial charge < -0.3 is 10.2 Å². The van der Waals surface area contributed by atoms with Crippen LogP contribution in [-0.2, 0) is 21.4 Å². The summed E-state index contributed by atoms with van der Waals surface area (Å²) in [5.41, 5.74) is 2.17. The van der Waals surface area contributed by atoms with Gasteiger partial charge in [-0.2, -0.15) is 0 Å². The zero-order chi connectivity index (χ0) is 23.4. The van der Waals surface area contributed by atoms with Crippen molar-refractivity contribution >= 4 is 44.8 Å². The highest BCUT2D eigenvalue weighted by molar-refractivity contribution is 7.92. The Morgan fingerprint density at radius 2 is 1.67 bits per heavy atom. The number of hydrogen-bond acceptors (Lipinski definition) is 4. The molecule has 1 saturated heterocycles. The lowest BCUT2D eigenvalue weighted by molar-refractivity contribution is -0.128. The Labute approximate surface area is 197 Å². The van der Waals surface area contributed by atoms with Crippen LogP contribution in [0.5, 0.6) is 0 Å². The van der Waals surface area contributed by atoms with Crippen LogP contribution in [0.2, 0.25) is 5.02 Å². The molecule has 3 aromatic carbocycles. The third-order valence-corrected chi connectivity index (χ3v) is 7.01. The number of anilines is 2. The molecule has 0 unspecified atom stereocenters. The molecule has 3 aromatic rings. The van der Waals surface area contributed by atoms with E-state index in [0.717, 1.165) is 18.5 Å². The second-order valence-electron chi connectivity index (χ2n) is 7.68. The minimum Gasteiger partial charge on any atom is -0.338 e. The fourth-order valence-corrected chi connectivity index (χ4v) is 4.84. The quantitative estimate of drug-likeness (QED) is 0.516. The van der Waals surface area contributed by atoms with E-state index < -0.39 is 10.0 Å². The van der Waals surface area contributed by atoms with Crippen LogP contribution < -0.4 is 10.0 Å². The minimum absolute atomic E-state index is 0.0428. The average Bonchev–Trinajstić information content (AvgIpc) is 3.20. The van der Waals surface area contributed by atoms with Crippen LogP contribution in [0.1, 0.15) is 28.8 Å². The molecule has 7 nitrogen and oxygen atoms in total. The third-order valence-electron chi connectivity index (χ3n) is 5.30. The van der Waals surface area contributed by atoms with Crippen molar-refractivity contribution in [2.75, 3.05) is 16.6 Å². The van der Waals surface area contributed by atoms with Crippen LogP contribution >= 0.6 is 11.6 Å². The molecule has 0 aliphatic carbocycles. The molecular formula is C24H22ClN3O4S. The first-order chi connectivity index (χ1) is 15.8. The van der Waals surface area contributed by atoms with Gasteiger partial charge in [0.2, 0.25) is 5.91 Å². The summed E-state index contributed by atoms with van der Waals surface area (Å²) in [6, 6.07) is 19.5. The number of benzene rings is 3. The van der Waals surface area contributed by atoms with E-state index in [1.165, 1.54) is 24.3 Å². The Morgan fingerprint density at radius 1 is 0.970 bits per heavy atom. The zero-order valence-electron chi connectivity index (χ0n) is 17.6. The second kappa shape index (κ2) is 9.64. The molecule has 1 fully saturated rings. The highest BCUT2D eigenvalue weighted by Crippen LogP contribution is 2.24. The van der Waals surface area contributed by atoms with Gasteiger partial charge in [0, 0.05) is 30.8 Å². The van der Waals surface area contributed by atoms with Gasteiger partial charge in [0.25, 0.3) is 15.9 Å². The number of nitrogens with zero attached hydrogens (tertiary/aromatic N) is 1. The number of likely N-dealkylation sites (tertiary alicyclic amines) is 1. The molecule has 0 bridgehead atoms. The van der Waals surface area contributed by atoms with Crippen LogP contribution in [0.15, 0.2) is 77.7 Å². The summed E-state index contributed by atoms with van der Waals surface area (Å²) in [5.74, 6) is -0.159. The lowest BCUT2D eigenvalue weighted by atomic mass is 10.1. The van der Waals surface area contributed by atoms with Gasteiger partial charge in [-0.05, 0) is 60.5 Å². The molecule has 0 spiro atoms. The van der Waals surface area contributed by atoms with Gasteiger partial charge in [-0.1, -0.05) is 35.9 Å². The van der Waals surface area contributed by atoms with Crippen LogP contribution in [0.4, 0.5) is 11.4 Å². The fourth-order valence-electron chi connectivity index (χ4n) is 3.52. The number of hydrogen-bond donors (Lipinski definition) is 2. The molecule has 1 aliphatic rings. The maximum absolute atomic E-state index is 12.6. The fraction of sp³-hybridized carbons (Fsp3) is 0.167. The van der Waals surface area contributed by atoms with E-state index in [1.54, 1.807) is 36.4 Å². The highest BCUT2D eigenvalue weighted by atomic mass is 35.5. The van der Waals surface area contributed by atoms with Gasteiger partial charge in [0.1, 0.15) is 0 Å². The number of nitrogens with one attached hydrogen (secondary N) is 2. The number of rotatable bonds is 7. The van der Waals surface area contributed by atoms with Crippen molar-refractivity contribution in [3.05, 3.63) is 88.9 Å². The normalized spacial score (nSPS) is 13.7. The molecule has 1 heterocycles. The first-order valence-corrected chi connectivity index (χ1v) is 12.2. The predicted octanol–water partition coefficient (Wildman–Crippen LogP) is 4.52. The molecule has 4 rings (SSSR count). The number of carbonyl (C=O) groups is 2. The third kappa shape index (κ3) is 5.53. The zero-order valence-corrected chi connectivity index (χ0v) is 19.2. The molecular weight excluding hydrogens is 462 g/mol. The minimum atomic E-state index is -3.83. The number of para-hydroxylation sites is 1. The lowest BCUT2D eigenvalue weighted by Gasteiger charge is -2.15. The van der Waals surface area contributed by atoms with Crippen molar-refractivity contribution in [1.29, 1.82) is 0 Å². The van der Waals surface area contributed by atoms with Gasteiger partial charge >= 0.3 is 0 Å². The molecule has 2 N–H and O–H groups in total. The van der Waals surface area contributed by atoms with E-state index in [4.69, 9.17) is 11.6 Å². The number of sulfonamides is 1. The van der Waals surface area contributed by atoms with E-state index in [1.807, 2.05) is 17.0 Å². The summed E-state index contributed by atoms with van der Waals surface area (Å²) in [6.45, 7) is 1.31. The summed E-state index contributed by atoms with van der Waals surface area (Å²) in [7, 11) is -3.83. The molecule has 0 radical (unpaired) electrons. The van der Waals surface area contributed by atoms with Crippen molar-refractivity contribution in [1.82, 2.24) is 4.90 Å². The maximum atomic E-state index is 12.6. The molecule has 0 saturated carbocycles. The van der Waals surface area contributed by atoms with Gasteiger partial charge in [-0.25, -0.2) is 8.42 Å². The highest BCUT2D eigenvalue weighted by Gasteiger charge is 2.20. The van der Waals surface area contributed by atoms with Crippen molar-refractivity contribution in [3.63, 3.8) is 0 Å². The van der Waals surface area contributed by atoms with Crippen LogP contribution in [0, 0.1) is 0 Å². The standard InChI is InChI=1S/C24H22ClN3O4S/c25-21-4-1-2-5-22(21)27-33(31,32)20-13-11-19(12-14-20)26-24(30)18-9-7-17(8-10-18)16-28-15-3-6-23(28)29/h1-2,4-5,7-14,27H,3,6,15-16H2,(H,26,30). The summed E-state index contributed by atoms with van der Waals surface area (Å²) in [6.07, 6.45) is 1.48. The summed E-state index contributed by atoms with van der Waals surface area (Å²) in [5, 5.41) is 3.05. The smallest absolute Gasteiger partial charge is 0.261 e. The van der Waals surface area contributed by atoms with Crippen molar-refractivity contribution in [2.45, 2.75) is 24.3 Å². The van der Waals surface area contributed by atoms with Crippen LogP contribution in [0.25, 0.3) is 0 Å². The molecule has 2 amide bonds. The lowest BCUT2D eigenvalue weighted by Crippen LogP contribution is -2.23. The van der Waals surface area contributed by atoms with E-state index >= 15 is 0 Å². The molecule has 0 aromatic heterocycles. The van der Waals surface area contributed by atoms with Gasteiger partial charge in [-0.3, -0.25) is 14.3 Å². The van der Waals surface area contributed by atoms with Gasteiger partial charge in [0.05, 0.1) is 15.6 Å². The van der Waals surface area contributed by atoms with E-state index in [0.29, 0.717) is 29.2 Å². The monoisotopic (exact) mass is 483 g/mol. The number of halogens is 1. The van der Waals surface area contributed by atoms with Crippen molar-refractivity contribution < 1.29 is 18.0 Å². The SMILES string of the molecule is O=C(Nc1ccc(S(=O)(=O)Nc2ccccc2Cl)cc1)c1ccc(CN2CCCC2=O)cc1. The molecule has 9 heteroatoms. The average molecular weight is 484 g/mol. The number of amides is 2. The van der Waals surface area contributed by atoms with Crippen molar-refractivity contribution in [3.8, 4) is 0 Å². The van der Waals surface area contributed by atoms with E-state index in [-0.39, 0.29) is 22.4 Å². The largest absolute Gasteiger partial charge is 0.338 e. The van der Waals surface area contributed by atoms with Crippen LogP contribution in [-0.4, -0.2) is 31.7 Å². The Hall–Kier alpha value is -3.36. The first kappa shape index (κ1) is 22.8. The summed E-state index contributed by atoms with van der Waals surface area (Å²) < 4.78 is 27.7. The molecule has 170 valence electrons. The van der Waals surface area contributed by atoms with E-state index in [9.17, 15) is 18.0 Å². The topological polar surface area (TPSA) is 95.6 Å². The predicted molar refractivity (Wildman–Crippen MR) is 128 cm³/mol. The first-order valence-electron chi connectivity index (χ1n) is 10.4. The van der Waals surface area contributed by atoms with E-state index in [2.05, 4.69) is 10.0 Å². The Bertz CT molecular complexity index is 1280. The summed E-state index contributed by atoms with van der Waals surface area (Å²) >= 11 is 6.03. The molecule has 0 atom stereocenters. The van der Waals surface area contributed by atoms with Gasteiger partial charge in [-0.15, -0.1) is 0 Å². The second-order valence-corrected chi connectivity index (χ2v) is 9.77. The molecule has 1 aliphatic heterocycles. The maximum Gasteiger partial charge on any atom is 0.261 e. The Kier molecular flexibility index (Phi) is 6.67.